The fourth-order valence-electron chi connectivity index (χ4n) is 1.57. The van der Waals surface area contributed by atoms with E-state index in [9.17, 15) is 4.79 Å². The van der Waals surface area contributed by atoms with Gasteiger partial charge in [-0.1, -0.05) is 6.92 Å². The van der Waals surface area contributed by atoms with E-state index in [-0.39, 0.29) is 11.9 Å². The highest BCUT2D eigenvalue weighted by atomic mass is 16.2. The standard InChI is InChI=1S/C9H19N3O/c1-3-10-9(13)8-7-12(4-2)6-5-11-8/h8,11H,3-7H2,1-2H3,(H,10,13). The monoisotopic (exact) mass is 185 g/mol. The van der Waals surface area contributed by atoms with Gasteiger partial charge < -0.3 is 15.5 Å². The Balaban J connectivity index is 2.37. The molecule has 1 rings (SSSR count). The topological polar surface area (TPSA) is 44.4 Å². The van der Waals surface area contributed by atoms with Crippen LogP contribution in [0, 0.1) is 0 Å². The number of carbonyl (C=O) groups is 1. The molecule has 1 aliphatic heterocycles. The van der Waals surface area contributed by atoms with Gasteiger partial charge in [-0.2, -0.15) is 0 Å². The summed E-state index contributed by atoms with van der Waals surface area (Å²) in [4.78, 5) is 13.7. The van der Waals surface area contributed by atoms with Crippen molar-refractivity contribution in [2.45, 2.75) is 19.9 Å². The number of carbonyl (C=O) groups excluding carboxylic acids is 1. The fourth-order valence-corrected chi connectivity index (χ4v) is 1.57. The van der Waals surface area contributed by atoms with Gasteiger partial charge in [0.25, 0.3) is 0 Å². The van der Waals surface area contributed by atoms with E-state index in [1.165, 1.54) is 0 Å². The highest BCUT2D eigenvalue weighted by molar-refractivity contribution is 5.82. The van der Waals surface area contributed by atoms with Crippen molar-refractivity contribution in [2.75, 3.05) is 32.7 Å². The molecule has 1 fully saturated rings. The molecule has 4 heteroatoms. The van der Waals surface area contributed by atoms with Crippen molar-refractivity contribution in [3.63, 3.8) is 0 Å². The minimum absolute atomic E-state index is 0.0198. The van der Waals surface area contributed by atoms with Crippen molar-refractivity contribution in [1.29, 1.82) is 0 Å². The molecule has 1 unspecified atom stereocenters. The summed E-state index contributed by atoms with van der Waals surface area (Å²) in [7, 11) is 0. The molecule has 0 aliphatic carbocycles. The van der Waals surface area contributed by atoms with E-state index in [2.05, 4.69) is 22.5 Å². The molecule has 0 aromatic rings. The largest absolute Gasteiger partial charge is 0.355 e. The SMILES string of the molecule is CCNC(=O)C1CN(CC)CCN1. The van der Waals surface area contributed by atoms with Gasteiger partial charge in [0.05, 0.1) is 6.04 Å². The number of piperazine rings is 1. The molecule has 0 saturated carbocycles. The molecule has 0 spiro atoms. The molecule has 1 saturated heterocycles. The predicted molar refractivity (Wildman–Crippen MR) is 52.6 cm³/mol. The molecule has 1 amide bonds. The van der Waals surface area contributed by atoms with Crippen molar-refractivity contribution >= 4 is 5.91 Å². The van der Waals surface area contributed by atoms with Gasteiger partial charge in [0.2, 0.25) is 5.91 Å². The molecule has 0 aromatic heterocycles. The van der Waals surface area contributed by atoms with Gasteiger partial charge in [-0.05, 0) is 13.5 Å². The lowest BCUT2D eigenvalue weighted by Crippen LogP contribution is -2.56. The summed E-state index contributed by atoms with van der Waals surface area (Å²) in [5.41, 5.74) is 0. The summed E-state index contributed by atoms with van der Waals surface area (Å²) in [5, 5.41) is 6.05. The molecule has 76 valence electrons. The molecule has 0 radical (unpaired) electrons. The first kappa shape index (κ1) is 10.5. The zero-order valence-corrected chi connectivity index (χ0v) is 8.47. The Bertz CT molecular complexity index is 172. The maximum Gasteiger partial charge on any atom is 0.238 e. The van der Waals surface area contributed by atoms with Gasteiger partial charge in [0.1, 0.15) is 0 Å². The van der Waals surface area contributed by atoms with Crippen molar-refractivity contribution < 1.29 is 4.79 Å². The second-order valence-electron chi connectivity index (χ2n) is 3.29. The lowest BCUT2D eigenvalue weighted by Gasteiger charge is -2.31. The van der Waals surface area contributed by atoms with Crippen LogP contribution in [0.5, 0.6) is 0 Å². The zero-order chi connectivity index (χ0) is 9.68. The van der Waals surface area contributed by atoms with Crippen LogP contribution in [0.4, 0.5) is 0 Å². The Hall–Kier alpha value is -0.610. The number of rotatable bonds is 3. The van der Waals surface area contributed by atoms with Crippen LogP contribution in [0.25, 0.3) is 0 Å². The number of nitrogens with zero attached hydrogens (tertiary/aromatic N) is 1. The van der Waals surface area contributed by atoms with E-state index in [1.807, 2.05) is 6.92 Å². The molecule has 4 nitrogen and oxygen atoms in total. The van der Waals surface area contributed by atoms with E-state index in [0.29, 0.717) is 6.54 Å². The van der Waals surface area contributed by atoms with Crippen LogP contribution >= 0.6 is 0 Å². The summed E-state index contributed by atoms with van der Waals surface area (Å²) in [6, 6.07) is -0.0198. The first-order valence-corrected chi connectivity index (χ1v) is 5.01. The smallest absolute Gasteiger partial charge is 0.238 e. The van der Waals surface area contributed by atoms with Gasteiger partial charge in [0, 0.05) is 26.2 Å². The average Bonchev–Trinajstić information content (AvgIpc) is 2.18. The molecule has 1 atom stereocenters. The van der Waals surface area contributed by atoms with Gasteiger partial charge in [-0.15, -0.1) is 0 Å². The normalized spacial score (nSPS) is 24.3. The maximum absolute atomic E-state index is 11.5. The van der Waals surface area contributed by atoms with Gasteiger partial charge in [-0.25, -0.2) is 0 Å². The van der Waals surface area contributed by atoms with E-state index in [1.54, 1.807) is 0 Å². The maximum atomic E-state index is 11.5. The van der Waals surface area contributed by atoms with E-state index < -0.39 is 0 Å². The second-order valence-corrected chi connectivity index (χ2v) is 3.29. The van der Waals surface area contributed by atoms with Crippen LogP contribution in [0.2, 0.25) is 0 Å². The molecule has 1 heterocycles. The summed E-state index contributed by atoms with van der Waals surface area (Å²) in [5.74, 6) is 0.126. The molecule has 0 bridgehead atoms. The molecular weight excluding hydrogens is 166 g/mol. The van der Waals surface area contributed by atoms with Crippen LogP contribution in [0.15, 0.2) is 0 Å². The van der Waals surface area contributed by atoms with Gasteiger partial charge >= 0.3 is 0 Å². The lowest BCUT2D eigenvalue weighted by molar-refractivity contribution is -0.124. The van der Waals surface area contributed by atoms with Gasteiger partial charge in [-0.3, -0.25) is 4.79 Å². The average molecular weight is 185 g/mol. The van der Waals surface area contributed by atoms with Crippen molar-refractivity contribution in [2.24, 2.45) is 0 Å². The third kappa shape index (κ3) is 2.97. The van der Waals surface area contributed by atoms with Crippen molar-refractivity contribution in [1.82, 2.24) is 15.5 Å². The minimum atomic E-state index is -0.0198. The second kappa shape index (κ2) is 5.19. The Labute approximate surface area is 79.7 Å². The first-order valence-electron chi connectivity index (χ1n) is 5.01. The zero-order valence-electron chi connectivity index (χ0n) is 8.47. The number of amides is 1. The number of nitrogens with one attached hydrogen (secondary N) is 2. The third-order valence-electron chi connectivity index (χ3n) is 2.37. The Morgan fingerprint density at radius 3 is 3.00 bits per heavy atom. The minimum Gasteiger partial charge on any atom is -0.355 e. The Morgan fingerprint density at radius 2 is 2.38 bits per heavy atom. The molecular formula is C9H19N3O. The molecule has 13 heavy (non-hydrogen) atoms. The Morgan fingerprint density at radius 1 is 1.62 bits per heavy atom. The molecule has 1 aliphatic rings. The number of hydrogen-bond acceptors (Lipinski definition) is 3. The summed E-state index contributed by atoms with van der Waals surface area (Å²) in [6.07, 6.45) is 0. The highest BCUT2D eigenvalue weighted by Crippen LogP contribution is 1.98. The van der Waals surface area contributed by atoms with E-state index in [4.69, 9.17) is 0 Å². The number of likely N-dealkylation sites (N-methyl/N-ethyl adjacent to an activating group) is 2. The van der Waals surface area contributed by atoms with Crippen LogP contribution in [0.1, 0.15) is 13.8 Å². The highest BCUT2D eigenvalue weighted by Gasteiger charge is 2.23. The molecule has 2 N–H and O–H groups in total. The lowest BCUT2D eigenvalue weighted by atomic mass is 10.2. The van der Waals surface area contributed by atoms with E-state index >= 15 is 0 Å². The Kier molecular flexibility index (Phi) is 4.18. The van der Waals surface area contributed by atoms with Gasteiger partial charge in [0.15, 0.2) is 0 Å². The van der Waals surface area contributed by atoms with Crippen LogP contribution in [-0.4, -0.2) is 49.6 Å². The molecule has 0 aromatic carbocycles. The third-order valence-corrected chi connectivity index (χ3v) is 2.37. The van der Waals surface area contributed by atoms with E-state index in [0.717, 1.165) is 26.2 Å². The fraction of sp³-hybridized carbons (Fsp3) is 0.889. The quantitative estimate of drug-likeness (QED) is 0.618. The summed E-state index contributed by atoms with van der Waals surface area (Å²) in [6.45, 7) is 8.60. The van der Waals surface area contributed by atoms with Crippen molar-refractivity contribution in [3.05, 3.63) is 0 Å². The number of hydrogen-bond donors (Lipinski definition) is 2. The van der Waals surface area contributed by atoms with Crippen LogP contribution in [-0.2, 0) is 4.79 Å². The van der Waals surface area contributed by atoms with Crippen molar-refractivity contribution in [3.8, 4) is 0 Å². The predicted octanol–water partition coefficient (Wildman–Crippen LogP) is -0.584. The first-order chi connectivity index (χ1) is 6.27. The summed E-state index contributed by atoms with van der Waals surface area (Å²) >= 11 is 0. The van der Waals surface area contributed by atoms with Crippen LogP contribution in [0.3, 0.4) is 0 Å². The summed E-state index contributed by atoms with van der Waals surface area (Å²) < 4.78 is 0. The van der Waals surface area contributed by atoms with Crippen LogP contribution < -0.4 is 10.6 Å².